The van der Waals surface area contributed by atoms with E-state index in [0.29, 0.717) is 24.0 Å². The summed E-state index contributed by atoms with van der Waals surface area (Å²) in [5.41, 5.74) is 0.664. The fourth-order valence-electron chi connectivity index (χ4n) is 2.78. The van der Waals surface area contributed by atoms with Crippen molar-refractivity contribution < 1.29 is 4.79 Å². The van der Waals surface area contributed by atoms with E-state index in [1.807, 2.05) is 0 Å². The lowest BCUT2D eigenvalue weighted by molar-refractivity contribution is 0.0932. The Bertz CT molecular complexity index is 409. The molecule has 1 aromatic rings. The van der Waals surface area contributed by atoms with Gasteiger partial charge in [-0.05, 0) is 44.2 Å². The average Bonchev–Trinajstić information content (AvgIpc) is 2.88. The van der Waals surface area contributed by atoms with Crippen LogP contribution < -0.4 is 5.32 Å². The van der Waals surface area contributed by atoms with E-state index >= 15 is 0 Å². The number of carbonyl (C=O) groups excluding carboxylic acids is 1. The van der Waals surface area contributed by atoms with Gasteiger partial charge >= 0.3 is 0 Å². The number of Topliss-reactive ketones (excluding diaryl/α,β-unsaturated/α-hetero) is 1. The summed E-state index contributed by atoms with van der Waals surface area (Å²) < 4.78 is 1.73. The molecule has 2 atom stereocenters. The number of hydrogen-bond donors (Lipinski definition) is 1. The van der Waals surface area contributed by atoms with Crippen molar-refractivity contribution in [1.82, 2.24) is 20.3 Å². The monoisotopic (exact) mass is 264 g/mol. The molecule has 1 aliphatic rings. The number of piperidine rings is 1. The lowest BCUT2D eigenvalue weighted by Crippen LogP contribution is -2.34. The second-order valence-electron chi connectivity index (χ2n) is 5.55. The van der Waals surface area contributed by atoms with Crippen LogP contribution in [0.4, 0.5) is 0 Å². The number of carbonyl (C=O) groups is 1. The quantitative estimate of drug-likeness (QED) is 0.797. The van der Waals surface area contributed by atoms with Crippen LogP contribution in [0.15, 0.2) is 6.20 Å². The molecule has 0 radical (unpaired) electrons. The van der Waals surface area contributed by atoms with Gasteiger partial charge in [0.15, 0.2) is 5.78 Å². The van der Waals surface area contributed by atoms with E-state index in [-0.39, 0.29) is 5.78 Å². The van der Waals surface area contributed by atoms with E-state index < -0.39 is 0 Å². The molecule has 5 nitrogen and oxygen atoms in total. The Morgan fingerprint density at radius 1 is 1.63 bits per heavy atom. The Balaban J connectivity index is 1.93. The molecule has 0 saturated carbocycles. The topological polar surface area (TPSA) is 59.8 Å². The lowest BCUT2D eigenvalue weighted by atomic mass is 9.84. The van der Waals surface area contributed by atoms with Crippen LogP contribution >= 0.6 is 0 Å². The Kier molecular flexibility index (Phi) is 5.07. The zero-order chi connectivity index (χ0) is 13.7. The number of aromatic nitrogens is 3. The summed E-state index contributed by atoms with van der Waals surface area (Å²) in [6.07, 6.45) is 5.62. The van der Waals surface area contributed by atoms with Gasteiger partial charge in [-0.1, -0.05) is 19.1 Å². The average molecular weight is 264 g/mol. The third-order valence-electron chi connectivity index (χ3n) is 3.99. The predicted octanol–water partition coefficient (Wildman–Crippen LogP) is 1.90. The summed E-state index contributed by atoms with van der Waals surface area (Å²) in [7, 11) is 0. The van der Waals surface area contributed by atoms with E-state index in [0.717, 1.165) is 26.1 Å². The van der Waals surface area contributed by atoms with Crippen LogP contribution in [0.2, 0.25) is 0 Å². The van der Waals surface area contributed by atoms with Gasteiger partial charge in [0.25, 0.3) is 0 Å². The molecule has 1 N–H and O–H groups in total. The standard InChI is InChI=1S/C14H24N4O/c1-3-7-18-13(10-16-17-18)14(19)8-11(2)12-5-4-6-15-9-12/h10-12,15H,3-9H2,1-2H3. The van der Waals surface area contributed by atoms with Gasteiger partial charge in [-0.3, -0.25) is 4.79 Å². The highest BCUT2D eigenvalue weighted by Gasteiger charge is 2.24. The van der Waals surface area contributed by atoms with Gasteiger partial charge in [-0.2, -0.15) is 0 Å². The lowest BCUT2D eigenvalue weighted by Gasteiger charge is -2.27. The van der Waals surface area contributed by atoms with Crippen molar-refractivity contribution in [3.63, 3.8) is 0 Å². The van der Waals surface area contributed by atoms with Crippen LogP contribution in [-0.2, 0) is 6.54 Å². The van der Waals surface area contributed by atoms with Gasteiger partial charge in [-0.25, -0.2) is 4.68 Å². The molecule has 5 heteroatoms. The largest absolute Gasteiger partial charge is 0.316 e. The first kappa shape index (κ1) is 14.2. The van der Waals surface area contributed by atoms with Crippen molar-refractivity contribution in [2.75, 3.05) is 13.1 Å². The molecule has 106 valence electrons. The summed E-state index contributed by atoms with van der Waals surface area (Å²) in [5.74, 6) is 1.22. The molecular formula is C14H24N4O. The van der Waals surface area contributed by atoms with E-state index in [1.54, 1.807) is 10.9 Å². The summed E-state index contributed by atoms with van der Waals surface area (Å²) in [4.78, 5) is 12.3. The molecule has 0 aromatic carbocycles. The molecule has 1 aliphatic heterocycles. The zero-order valence-corrected chi connectivity index (χ0v) is 11.9. The number of aryl methyl sites for hydroxylation is 1. The minimum Gasteiger partial charge on any atom is -0.316 e. The van der Waals surface area contributed by atoms with Crippen molar-refractivity contribution in [2.24, 2.45) is 11.8 Å². The van der Waals surface area contributed by atoms with E-state index in [9.17, 15) is 4.79 Å². The Morgan fingerprint density at radius 2 is 2.47 bits per heavy atom. The molecule has 0 spiro atoms. The maximum Gasteiger partial charge on any atom is 0.182 e. The number of hydrogen-bond acceptors (Lipinski definition) is 4. The molecule has 2 rings (SSSR count). The molecule has 1 fully saturated rings. The number of rotatable bonds is 6. The summed E-state index contributed by atoms with van der Waals surface area (Å²) in [6.45, 7) is 7.18. The highest BCUT2D eigenvalue weighted by Crippen LogP contribution is 2.23. The van der Waals surface area contributed by atoms with Crippen molar-refractivity contribution in [3.05, 3.63) is 11.9 Å². The first-order valence-corrected chi connectivity index (χ1v) is 7.34. The predicted molar refractivity (Wildman–Crippen MR) is 74.0 cm³/mol. The van der Waals surface area contributed by atoms with Gasteiger partial charge in [0, 0.05) is 13.0 Å². The number of nitrogens with zero attached hydrogens (tertiary/aromatic N) is 3. The highest BCUT2D eigenvalue weighted by atomic mass is 16.1. The molecule has 0 aliphatic carbocycles. The maximum absolute atomic E-state index is 12.3. The van der Waals surface area contributed by atoms with Gasteiger partial charge in [0.1, 0.15) is 5.69 Å². The summed E-state index contributed by atoms with van der Waals surface area (Å²) in [5, 5.41) is 11.3. The maximum atomic E-state index is 12.3. The molecule has 0 amide bonds. The summed E-state index contributed by atoms with van der Waals surface area (Å²) >= 11 is 0. The molecule has 19 heavy (non-hydrogen) atoms. The second kappa shape index (κ2) is 6.80. The first-order valence-electron chi connectivity index (χ1n) is 7.34. The highest BCUT2D eigenvalue weighted by molar-refractivity contribution is 5.94. The number of nitrogens with one attached hydrogen (secondary N) is 1. The number of ketones is 1. The van der Waals surface area contributed by atoms with E-state index in [4.69, 9.17) is 0 Å². The van der Waals surface area contributed by atoms with E-state index in [2.05, 4.69) is 29.5 Å². The van der Waals surface area contributed by atoms with Crippen molar-refractivity contribution in [1.29, 1.82) is 0 Å². The molecule has 2 unspecified atom stereocenters. The molecular weight excluding hydrogens is 240 g/mol. The van der Waals surface area contributed by atoms with Crippen LogP contribution in [0.25, 0.3) is 0 Å². The second-order valence-corrected chi connectivity index (χ2v) is 5.55. The van der Waals surface area contributed by atoms with Gasteiger partial charge in [-0.15, -0.1) is 5.10 Å². The minimum atomic E-state index is 0.177. The normalized spacial score (nSPS) is 21.3. The SMILES string of the molecule is CCCn1nncc1C(=O)CC(C)C1CCCNC1. The molecule has 1 saturated heterocycles. The van der Waals surface area contributed by atoms with Gasteiger partial charge in [0.2, 0.25) is 0 Å². The van der Waals surface area contributed by atoms with Gasteiger partial charge in [0.05, 0.1) is 6.20 Å². The smallest absolute Gasteiger partial charge is 0.182 e. The third kappa shape index (κ3) is 3.62. The van der Waals surface area contributed by atoms with Crippen molar-refractivity contribution in [3.8, 4) is 0 Å². The van der Waals surface area contributed by atoms with Crippen molar-refractivity contribution in [2.45, 2.75) is 46.1 Å². The van der Waals surface area contributed by atoms with Crippen LogP contribution in [0.1, 0.15) is 50.0 Å². The van der Waals surface area contributed by atoms with Crippen LogP contribution in [0.3, 0.4) is 0 Å². The Hall–Kier alpha value is -1.23. The van der Waals surface area contributed by atoms with Crippen molar-refractivity contribution >= 4 is 5.78 Å². The Morgan fingerprint density at radius 3 is 3.16 bits per heavy atom. The van der Waals surface area contributed by atoms with Crippen LogP contribution in [0.5, 0.6) is 0 Å². The molecule has 2 heterocycles. The zero-order valence-electron chi connectivity index (χ0n) is 11.9. The van der Waals surface area contributed by atoms with Crippen LogP contribution in [0, 0.1) is 11.8 Å². The first-order chi connectivity index (χ1) is 9.22. The van der Waals surface area contributed by atoms with Gasteiger partial charge < -0.3 is 5.32 Å². The third-order valence-corrected chi connectivity index (χ3v) is 3.99. The van der Waals surface area contributed by atoms with E-state index in [1.165, 1.54) is 12.8 Å². The molecule has 1 aromatic heterocycles. The Labute approximate surface area is 114 Å². The fraction of sp³-hybridized carbons (Fsp3) is 0.786. The molecule has 0 bridgehead atoms. The van der Waals surface area contributed by atoms with Crippen LogP contribution in [-0.4, -0.2) is 33.9 Å². The fourth-order valence-corrected chi connectivity index (χ4v) is 2.78. The summed E-state index contributed by atoms with van der Waals surface area (Å²) in [6, 6.07) is 0. The minimum absolute atomic E-state index is 0.177.